The second-order valence-corrected chi connectivity index (χ2v) is 2.31. The van der Waals surface area contributed by atoms with Gasteiger partial charge in [-0.15, -0.1) is 6.58 Å². The maximum Gasteiger partial charge on any atom is 0.206 e. The second-order valence-electron chi connectivity index (χ2n) is 2.31. The van der Waals surface area contributed by atoms with Crippen molar-refractivity contribution >= 4 is 0 Å². The quantitative estimate of drug-likeness (QED) is 0.335. The van der Waals surface area contributed by atoms with Crippen molar-refractivity contribution < 1.29 is 4.92 Å². The Morgan fingerprint density at radius 1 is 1.80 bits per heavy atom. The van der Waals surface area contributed by atoms with Crippen LogP contribution in [-0.2, 0) is 0 Å². The highest BCUT2D eigenvalue weighted by atomic mass is 16.6. The van der Waals surface area contributed by atoms with Crippen LogP contribution in [0.1, 0.15) is 19.8 Å². The van der Waals surface area contributed by atoms with Crippen LogP contribution in [0.15, 0.2) is 12.7 Å². The van der Waals surface area contributed by atoms with Gasteiger partial charge in [-0.3, -0.25) is 10.1 Å². The van der Waals surface area contributed by atoms with Gasteiger partial charge in [-0.2, -0.15) is 0 Å². The predicted octanol–water partition coefficient (Wildman–Crippen LogP) is 1.87. The molecule has 0 rings (SSSR count). The summed E-state index contributed by atoms with van der Waals surface area (Å²) in [5.74, 6) is 0.174. The third kappa shape index (κ3) is 4.06. The van der Waals surface area contributed by atoms with E-state index in [4.69, 9.17) is 0 Å². The van der Waals surface area contributed by atoms with E-state index in [1.807, 2.05) is 6.92 Å². The Bertz CT molecular complexity index is 123. The minimum Gasteiger partial charge on any atom is -0.265 e. The SMILES string of the molecule is C=CCC(CC)C[N+](=O)[O-]. The molecule has 0 aromatic carbocycles. The zero-order valence-corrected chi connectivity index (χ0v) is 6.25. The lowest BCUT2D eigenvalue weighted by Crippen LogP contribution is -2.12. The lowest BCUT2D eigenvalue weighted by atomic mass is 10.0. The van der Waals surface area contributed by atoms with Gasteiger partial charge in [-0.25, -0.2) is 0 Å². The summed E-state index contributed by atoms with van der Waals surface area (Å²) in [6.45, 7) is 5.56. The Labute approximate surface area is 60.9 Å². The molecule has 1 atom stereocenters. The molecule has 3 nitrogen and oxygen atoms in total. The smallest absolute Gasteiger partial charge is 0.206 e. The van der Waals surface area contributed by atoms with Gasteiger partial charge in [0.05, 0.1) is 0 Å². The van der Waals surface area contributed by atoms with Crippen molar-refractivity contribution in [2.45, 2.75) is 19.8 Å². The summed E-state index contributed by atoms with van der Waals surface area (Å²) < 4.78 is 0. The monoisotopic (exact) mass is 143 g/mol. The first kappa shape index (κ1) is 9.14. The van der Waals surface area contributed by atoms with Crippen molar-refractivity contribution in [2.75, 3.05) is 6.54 Å². The average Bonchev–Trinajstić information content (AvgIpc) is 1.86. The summed E-state index contributed by atoms with van der Waals surface area (Å²) in [6, 6.07) is 0. The van der Waals surface area contributed by atoms with Gasteiger partial charge < -0.3 is 0 Å². The maximum absolute atomic E-state index is 10.0. The largest absolute Gasteiger partial charge is 0.265 e. The number of allylic oxidation sites excluding steroid dienone is 1. The number of hydrogen-bond acceptors (Lipinski definition) is 2. The molecule has 0 amide bonds. The molecular weight excluding hydrogens is 130 g/mol. The van der Waals surface area contributed by atoms with Crippen molar-refractivity contribution in [2.24, 2.45) is 5.92 Å². The van der Waals surface area contributed by atoms with Crippen molar-refractivity contribution in [3.05, 3.63) is 22.8 Å². The van der Waals surface area contributed by atoms with Gasteiger partial charge in [0, 0.05) is 10.8 Å². The molecule has 3 heteroatoms. The molecule has 58 valence electrons. The van der Waals surface area contributed by atoms with Gasteiger partial charge in [0.1, 0.15) is 0 Å². The van der Waals surface area contributed by atoms with Gasteiger partial charge in [0.25, 0.3) is 0 Å². The van der Waals surface area contributed by atoms with Gasteiger partial charge >= 0.3 is 0 Å². The standard InChI is InChI=1S/C7H13NO2/c1-3-5-7(4-2)6-8(9)10/h3,7H,1,4-6H2,2H3. The molecule has 0 aromatic heterocycles. The summed E-state index contributed by atoms with van der Waals surface area (Å²) >= 11 is 0. The van der Waals surface area contributed by atoms with Gasteiger partial charge in [-0.1, -0.05) is 13.0 Å². The Hall–Kier alpha value is -0.860. The number of hydrogen-bond donors (Lipinski definition) is 0. The Kier molecular flexibility index (Phi) is 4.54. The fourth-order valence-electron chi connectivity index (χ4n) is 0.817. The molecule has 1 unspecified atom stereocenters. The Morgan fingerprint density at radius 3 is 2.70 bits per heavy atom. The first-order valence-electron chi connectivity index (χ1n) is 3.43. The third-order valence-electron chi connectivity index (χ3n) is 1.48. The first-order valence-corrected chi connectivity index (χ1v) is 3.43. The third-order valence-corrected chi connectivity index (χ3v) is 1.48. The first-order chi connectivity index (χ1) is 4.70. The van der Waals surface area contributed by atoms with E-state index in [9.17, 15) is 10.1 Å². The predicted molar refractivity (Wildman–Crippen MR) is 40.5 cm³/mol. The number of nitro groups is 1. The molecule has 0 saturated carbocycles. The topological polar surface area (TPSA) is 43.1 Å². The van der Waals surface area contributed by atoms with Crippen molar-refractivity contribution in [1.82, 2.24) is 0 Å². The number of nitrogens with zero attached hydrogens (tertiary/aromatic N) is 1. The Morgan fingerprint density at radius 2 is 2.40 bits per heavy atom. The van der Waals surface area contributed by atoms with Crippen molar-refractivity contribution in [1.29, 1.82) is 0 Å². The molecular formula is C7H13NO2. The summed E-state index contributed by atoms with van der Waals surface area (Å²) in [6.07, 6.45) is 3.34. The molecule has 0 N–H and O–H groups in total. The van der Waals surface area contributed by atoms with Gasteiger partial charge in [-0.05, 0) is 12.8 Å². The van der Waals surface area contributed by atoms with Crippen LogP contribution < -0.4 is 0 Å². The van der Waals surface area contributed by atoms with Crippen LogP contribution in [0.5, 0.6) is 0 Å². The van der Waals surface area contributed by atoms with E-state index >= 15 is 0 Å². The highest BCUT2D eigenvalue weighted by molar-refractivity contribution is 4.71. The van der Waals surface area contributed by atoms with E-state index < -0.39 is 0 Å². The van der Waals surface area contributed by atoms with E-state index in [2.05, 4.69) is 6.58 Å². The van der Waals surface area contributed by atoms with E-state index in [0.717, 1.165) is 12.8 Å². The molecule has 0 radical (unpaired) electrons. The van der Waals surface area contributed by atoms with E-state index in [1.165, 1.54) is 0 Å². The lowest BCUT2D eigenvalue weighted by molar-refractivity contribution is -0.488. The van der Waals surface area contributed by atoms with Crippen LogP contribution in [0.25, 0.3) is 0 Å². The summed E-state index contributed by atoms with van der Waals surface area (Å²) in [4.78, 5) is 9.75. The zero-order valence-electron chi connectivity index (χ0n) is 6.25. The van der Waals surface area contributed by atoms with Crippen LogP contribution in [0.2, 0.25) is 0 Å². The molecule has 0 aliphatic heterocycles. The molecule has 0 aliphatic carbocycles. The maximum atomic E-state index is 10.0. The highest BCUT2D eigenvalue weighted by Gasteiger charge is 2.09. The molecule has 0 aromatic rings. The molecule has 0 spiro atoms. The molecule has 10 heavy (non-hydrogen) atoms. The lowest BCUT2D eigenvalue weighted by Gasteiger charge is -2.04. The molecule has 0 bridgehead atoms. The minimum absolute atomic E-state index is 0.0719. The summed E-state index contributed by atoms with van der Waals surface area (Å²) in [5, 5.41) is 10.0. The van der Waals surface area contributed by atoms with Crippen LogP contribution in [0, 0.1) is 16.0 Å². The normalized spacial score (nSPS) is 12.5. The van der Waals surface area contributed by atoms with Gasteiger partial charge in [0.2, 0.25) is 6.54 Å². The minimum atomic E-state index is -0.266. The van der Waals surface area contributed by atoms with Crippen molar-refractivity contribution in [3.8, 4) is 0 Å². The van der Waals surface area contributed by atoms with Crippen LogP contribution in [0.3, 0.4) is 0 Å². The van der Waals surface area contributed by atoms with E-state index in [-0.39, 0.29) is 17.4 Å². The zero-order chi connectivity index (χ0) is 7.98. The number of rotatable bonds is 5. The Balaban J connectivity index is 3.59. The van der Waals surface area contributed by atoms with E-state index in [0.29, 0.717) is 0 Å². The summed E-state index contributed by atoms with van der Waals surface area (Å²) in [7, 11) is 0. The summed E-state index contributed by atoms with van der Waals surface area (Å²) in [5.41, 5.74) is 0. The molecule has 0 aliphatic rings. The van der Waals surface area contributed by atoms with Crippen LogP contribution >= 0.6 is 0 Å². The highest BCUT2D eigenvalue weighted by Crippen LogP contribution is 2.07. The molecule has 0 heterocycles. The molecule has 0 saturated heterocycles. The second kappa shape index (κ2) is 4.97. The van der Waals surface area contributed by atoms with Crippen molar-refractivity contribution in [3.63, 3.8) is 0 Å². The molecule has 0 fully saturated rings. The fraction of sp³-hybridized carbons (Fsp3) is 0.714. The van der Waals surface area contributed by atoms with Crippen LogP contribution in [-0.4, -0.2) is 11.5 Å². The average molecular weight is 143 g/mol. The van der Waals surface area contributed by atoms with E-state index in [1.54, 1.807) is 6.08 Å². The van der Waals surface area contributed by atoms with Gasteiger partial charge in [0.15, 0.2) is 0 Å². The fourth-order valence-corrected chi connectivity index (χ4v) is 0.817. The van der Waals surface area contributed by atoms with Crippen LogP contribution in [0.4, 0.5) is 0 Å².